The zero-order valence-corrected chi connectivity index (χ0v) is 14.8. The minimum Gasteiger partial charge on any atom is -0.283 e. The Balaban J connectivity index is 1.92. The van der Waals surface area contributed by atoms with Crippen molar-refractivity contribution in [3.8, 4) is 0 Å². The molecule has 2 aromatic rings. The summed E-state index contributed by atoms with van der Waals surface area (Å²) in [4.78, 5) is 2.71. The molecule has 0 aromatic heterocycles. The molecule has 0 bridgehead atoms. The number of rotatable bonds is 9. The number of unbranched alkanes of at least 4 members (excludes halogenated alkanes) is 2. The molecule has 3 atom stereocenters. The fraction of sp³-hybridized carbons (Fsp3) is 0.391. The second kappa shape index (κ2) is 7.81. The molecular formula is C23H29N. The van der Waals surface area contributed by atoms with Crippen LogP contribution in [0.3, 0.4) is 0 Å². The molecule has 0 N–H and O–H groups in total. The van der Waals surface area contributed by atoms with Crippen molar-refractivity contribution < 1.29 is 0 Å². The Morgan fingerprint density at radius 1 is 1.00 bits per heavy atom. The summed E-state index contributed by atoms with van der Waals surface area (Å²) in [7, 11) is 0. The molecule has 1 fully saturated rings. The largest absolute Gasteiger partial charge is 0.283 e. The third-order valence-electron chi connectivity index (χ3n) is 5.28. The van der Waals surface area contributed by atoms with Gasteiger partial charge >= 0.3 is 0 Å². The van der Waals surface area contributed by atoms with Gasteiger partial charge in [0.2, 0.25) is 0 Å². The highest BCUT2D eigenvalue weighted by atomic mass is 15.4. The first-order valence-corrected chi connectivity index (χ1v) is 9.32. The number of benzene rings is 2. The van der Waals surface area contributed by atoms with Crippen molar-refractivity contribution in [2.45, 2.75) is 50.6 Å². The molecule has 1 saturated heterocycles. The van der Waals surface area contributed by atoms with Gasteiger partial charge in [-0.1, -0.05) is 80.1 Å². The first-order chi connectivity index (χ1) is 11.8. The van der Waals surface area contributed by atoms with Crippen molar-refractivity contribution in [1.82, 2.24) is 4.90 Å². The highest BCUT2D eigenvalue weighted by molar-refractivity contribution is 5.41. The van der Waals surface area contributed by atoms with Gasteiger partial charge in [-0.05, 0) is 43.4 Å². The van der Waals surface area contributed by atoms with E-state index in [0.29, 0.717) is 6.04 Å². The van der Waals surface area contributed by atoms with Gasteiger partial charge in [0.05, 0.1) is 11.6 Å². The van der Waals surface area contributed by atoms with E-state index in [4.69, 9.17) is 0 Å². The molecule has 1 unspecified atom stereocenters. The van der Waals surface area contributed by atoms with Crippen LogP contribution in [0.25, 0.3) is 0 Å². The van der Waals surface area contributed by atoms with Gasteiger partial charge in [-0.2, -0.15) is 0 Å². The number of hydrogen-bond acceptors (Lipinski definition) is 1. The average Bonchev–Trinajstić information content (AvgIpc) is 3.29. The van der Waals surface area contributed by atoms with Crippen LogP contribution in [-0.4, -0.2) is 11.4 Å². The molecule has 0 saturated carbocycles. The lowest BCUT2D eigenvalue weighted by molar-refractivity contribution is 0.378. The monoisotopic (exact) mass is 319 g/mol. The van der Waals surface area contributed by atoms with E-state index in [2.05, 4.69) is 79.1 Å². The van der Waals surface area contributed by atoms with E-state index in [1.54, 1.807) is 0 Å². The molecule has 1 aliphatic heterocycles. The van der Waals surface area contributed by atoms with E-state index in [0.717, 1.165) is 13.0 Å². The fourth-order valence-electron chi connectivity index (χ4n) is 4.21. The molecule has 0 amide bonds. The van der Waals surface area contributed by atoms with Gasteiger partial charge in [0.1, 0.15) is 0 Å². The van der Waals surface area contributed by atoms with E-state index in [1.165, 1.54) is 36.8 Å². The molecule has 126 valence electrons. The first kappa shape index (κ1) is 17.0. The molecular weight excluding hydrogens is 290 g/mol. The summed E-state index contributed by atoms with van der Waals surface area (Å²) < 4.78 is 0. The van der Waals surface area contributed by atoms with Crippen LogP contribution in [0.2, 0.25) is 0 Å². The van der Waals surface area contributed by atoms with Gasteiger partial charge in [-0.25, -0.2) is 0 Å². The Morgan fingerprint density at radius 2 is 1.67 bits per heavy atom. The van der Waals surface area contributed by atoms with E-state index in [9.17, 15) is 0 Å². The zero-order chi connectivity index (χ0) is 16.8. The van der Waals surface area contributed by atoms with Crippen LogP contribution in [0.4, 0.5) is 0 Å². The molecule has 0 spiro atoms. The molecule has 1 aliphatic rings. The maximum Gasteiger partial charge on any atom is 0.0665 e. The standard InChI is InChI=1S/C23H29N/c1-3-5-6-13-18-23(21-16-11-8-12-17-21)22(24(23)19-4-2)20-14-9-7-10-15-20/h3,7-12,14-17,22H,1,4-6,13,18-19H2,2H3/t22-,23+,24?/m0/s1. The Kier molecular flexibility index (Phi) is 5.52. The van der Waals surface area contributed by atoms with Gasteiger partial charge in [0, 0.05) is 0 Å². The lowest BCUT2D eigenvalue weighted by atomic mass is 9.87. The SMILES string of the molecule is C=CCCCC[C@@]1(c2ccccc2)[C@H](c2ccccc2)N1CCC. The second-order valence-electron chi connectivity index (χ2n) is 6.83. The minimum absolute atomic E-state index is 0.180. The maximum absolute atomic E-state index is 3.86. The summed E-state index contributed by atoms with van der Waals surface area (Å²) in [5, 5.41) is 0. The van der Waals surface area contributed by atoms with Gasteiger partial charge < -0.3 is 0 Å². The van der Waals surface area contributed by atoms with Crippen molar-refractivity contribution in [2.75, 3.05) is 6.54 Å². The Labute approximate surface area is 147 Å². The molecule has 24 heavy (non-hydrogen) atoms. The van der Waals surface area contributed by atoms with Crippen molar-refractivity contribution in [3.63, 3.8) is 0 Å². The van der Waals surface area contributed by atoms with Crippen molar-refractivity contribution in [3.05, 3.63) is 84.4 Å². The van der Waals surface area contributed by atoms with E-state index in [-0.39, 0.29) is 5.54 Å². The van der Waals surface area contributed by atoms with Crippen molar-refractivity contribution >= 4 is 0 Å². The minimum atomic E-state index is 0.180. The highest BCUT2D eigenvalue weighted by Gasteiger charge is 2.62. The molecule has 3 rings (SSSR count). The fourth-order valence-corrected chi connectivity index (χ4v) is 4.21. The van der Waals surface area contributed by atoms with Gasteiger partial charge in [0.15, 0.2) is 0 Å². The Morgan fingerprint density at radius 3 is 2.29 bits per heavy atom. The smallest absolute Gasteiger partial charge is 0.0665 e. The van der Waals surface area contributed by atoms with E-state index >= 15 is 0 Å². The number of nitrogens with zero attached hydrogens (tertiary/aromatic N) is 1. The third kappa shape index (κ3) is 3.18. The molecule has 0 aliphatic carbocycles. The summed E-state index contributed by atoms with van der Waals surface area (Å²) in [5.74, 6) is 0. The summed E-state index contributed by atoms with van der Waals surface area (Å²) in [6.07, 6.45) is 8.08. The van der Waals surface area contributed by atoms with Crippen molar-refractivity contribution in [1.29, 1.82) is 0 Å². The van der Waals surface area contributed by atoms with Crippen LogP contribution >= 0.6 is 0 Å². The van der Waals surface area contributed by atoms with Gasteiger partial charge in [-0.3, -0.25) is 4.90 Å². The predicted octanol–water partition coefficient (Wildman–Crippen LogP) is 6.10. The predicted molar refractivity (Wildman–Crippen MR) is 103 cm³/mol. The van der Waals surface area contributed by atoms with Crippen LogP contribution in [-0.2, 0) is 5.54 Å². The normalized spacial score (nSPS) is 25.4. The summed E-state index contributed by atoms with van der Waals surface area (Å²) in [5.41, 5.74) is 3.12. The highest BCUT2D eigenvalue weighted by Crippen LogP contribution is 2.62. The lowest BCUT2D eigenvalue weighted by Gasteiger charge is -2.19. The molecule has 1 nitrogen and oxygen atoms in total. The molecule has 2 aromatic carbocycles. The number of hydrogen-bond donors (Lipinski definition) is 0. The lowest BCUT2D eigenvalue weighted by Crippen LogP contribution is -2.17. The number of allylic oxidation sites excluding steroid dienone is 1. The van der Waals surface area contributed by atoms with E-state index < -0.39 is 0 Å². The van der Waals surface area contributed by atoms with Crippen LogP contribution in [0.15, 0.2) is 73.3 Å². The van der Waals surface area contributed by atoms with Crippen molar-refractivity contribution in [2.24, 2.45) is 0 Å². The maximum atomic E-state index is 3.86. The summed E-state index contributed by atoms with van der Waals surface area (Å²) in [6, 6.07) is 22.7. The summed E-state index contributed by atoms with van der Waals surface area (Å²) >= 11 is 0. The quantitative estimate of drug-likeness (QED) is 0.307. The average molecular weight is 319 g/mol. The second-order valence-corrected chi connectivity index (χ2v) is 6.83. The zero-order valence-electron chi connectivity index (χ0n) is 14.8. The Hall–Kier alpha value is -1.86. The van der Waals surface area contributed by atoms with Crippen LogP contribution < -0.4 is 0 Å². The topological polar surface area (TPSA) is 3.01 Å². The van der Waals surface area contributed by atoms with E-state index in [1.807, 2.05) is 6.08 Å². The van der Waals surface area contributed by atoms with Crippen LogP contribution in [0, 0.1) is 0 Å². The Bertz CT molecular complexity index is 634. The van der Waals surface area contributed by atoms with Gasteiger partial charge in [0.25, 0.3) is 0 Å². The third-order valence-corrected chi connectivity index (χ3v) is 5.28. The van der Waals surface area contributed by atoms with Crippen LogP contribution in [0.1, 0.15) is 56.2 Å². The van der Waals surface area contributed by atoms with Gasteiger partial charge in [-0.15, -0.1) is 6.58 Å². The molecule has 0 radical (unpaired) electrons. The molecule has 1 heterocycles. The summed E-state index contributed by atoms with van der Waals surface area (Å²) in [6.45, 7) is 7.31. The molecule has 1 heteroatoms. The van der Waals surface area contributed by atoms with Crippen LogP contribution in [0.5, 0.6) is 0 Å². The first-order valence-electron chi connectivity index (χ1n) is 9.32.